The maximum Gasteiger partial charge on any atom is 0.311 e. The van der Waals surface area contributed by atoms with Crippen LogP contribution in [-0.4, -0.2) is 23.1 Å². The van der Waals surface area contributed by atoms with Crippen molar-refractivity contribution in [2.75, 3.05) is 0 Å². The average Bonchev–Trinajstić information content (AvgIpc) is 2.58. The number of carbonyl (C=O) groups is 1. The maximum absolute atomic E-state index is 12.0. The number of carbonyl (C=O) groups excluding carboxylic acids is 1. The van der Waals surface area contributed by atoms with Gasteiger partial charge in [0.25, 0.3) is 0 Å². The highest BCUT2D eigenvalue weighted by atomic mass is 16.6. The number of nitro groups is 1. The van der Waals surface area contributed by atoms with Crippen molar-refractivity contribution in [2.45, 2.75) is 40.2 Å². The molecule has 0 atom stereocenters. The normalized spacial score (nSPS) is 11.0. The fourth-order valence-corrected chi connectivity index (χ4v) is 2.55. The number of hydrazone groups is 1. The molecular weight excluding hydrogens is 346 g/mol. The molecule has 1 amide bonds. The molecule has 0 aromatic heterocycles. The zero-order valence-corrected chi connectivity index (χ0v) is 15.9. The second kappa shape index (κ2) is 8.93. The summed E-state index contributed by atoms with van der Waals surface area (Å²) in [6, 6.07) is 10.4. The average molecular weight is 369 g/mol. The molecule has 0 saturated heterocycles. The third-order valence-corrected chi connectivity index (χ3v) is 3.79. The van der Waals surface area contributed by atoms with Crippen LogP contribution in [0.5, 0.6) is 5.75 Å². The minimum absolute atomic E-state index is 0.144. The number of hydrogen-bond donors (Lipinski definition) is 1. The second-order valence-electron chi connectivity index (χ2n) is 6.55. The first-order chi connectivity index (χ1) is 12.8. The molecule has 2 rings (SSSR count). The second-order valence-corrected chi connectivity index (χ2v) is 6.55. The first kappa shape index (κ1) is 20.1. The molecule has 0 saturated carbocycles. The molecule has 7 heteroatoms. The molecule has 0 aliphatic rings. The lowest BCUT2D eigenvalue weighted by Gasteiger charge is -2.10. The van der Waals surface area contributed by atoms with Gasteiger partial charge < -0.3 is 4.74 Å². The summed E-state index contributed by atoms with van der Waals surface area (Å²) in [5.74, 6) is -0.0569. The Kier molecular flexibility index (Phi) is 6.65. The van der Waals surface area contributed by atoms with Gasteiger partial charge in [-0.15, -0.1) is 0 Å². The van der Waals surface area contributed by atoms with E-state index in [9.17, 15) is 14.9 Å². The van der Waals surface area contributed by atoms with Crippen LogP contribution < -0.4 is 10.2 Å². The van der Waals surface area contributed by atoms with Crippen LogP contribution in [0, 0.1) is 24.0 Å². The molecule has 1 N–H and O–H groups in total. The molecule has 0 unspecified atom stereocenters. The van der Waals surface area contributed by atoms with Gasteiger partial charge in [-0.3, -0.25) is 14.9 Å². The van der Waals surface area contributed by atoms with E-state index in [1.807, 2.05) is 32.0 Å². The predicted octanol–water partition coefficient (Wildman–Crippen LogP) is 3.69. The molecular formula is C20H23N3O4. The number of benzene rings is 2. The third kappa shape index (κ3) is 5.91. The number of aryl methyl sites for hydroxylation is 2. The Balaban J connectivity index is 2.03. The van der Waals surface area contributed by atoms with Gasteiger partial charge in [0.15, 0.2) is 5.75 Å². The fraction of sp³-hybridized carbons (Fsp3) is 0.300. The molecule has 0 aliphatic heterocycles. The van der Waals surface area contributed by atoms with E-state index in [4.69, 9.17) is 4.74 Å². The van der Waals surface area contributed by atoms with Gasteiger partial charge in [0.05, 0.1) is 23.7 Å². The lowest BCUT2D eigenvalue weighted by atomic mass is 10.0. The van der Waals surface area contributed by atoms with Gasteiger partial charge in [0.2, 0.25) is 5.91 Å². The Morgan fingerprint density at radius 2 is 2.00 bits per heavy atom. The van der Waals surface area contributed by atoms with Crippen LogP contribution in [0.1, 0.15) is 36.1 Å². The standard InChI is InChI=1S/C20H23N3O4/c1-13(2)27-19-8-6-16(10-18(19)23(25)26)12-21-22-20(24)11-17-7-5-14(3)9-15(17)4/h5-10,12-13H,11H2,1-4H3,(H,22,24)/b21-12+. The van der Waals surface area contributed by atoms with E-state index in [1.54, 1.807) is 19.9 Å². The van der Waals surface area contributed by atoms with E-state index >= 15 is 0 Å². The van der Waals surface area contributed by atoms with E-state index in [0.717, 1.165) is 16.7 Å². The topological polar surface area (TPSA) is 93.8 Å². The molecule has 2 aromatic carbocycles. The highest BCUT2D eigenvalue weighted by molar-refractivity contribution is 5.84. The molecule has 0 bridgehead atoms. The summed E-state index contributed by atoms with van der Waals surface area (Å²) in [4.78, 5) is 22.7. The van der Waals surface area contributed by atoms with Gasteiger partial charge in [-0.05, 0) is 51.0 Å². The molecule has 27 heavy (non-hydrogen) atoms. The molecule has 0 spiro atoms. The zero-order chi connectivity index (χ0) is 20.0. The summed E-state index contributed by atoms with van der Waals surface area (Å²) >= 11 is 0. The van der Waals surface area contributed by atoms with Gasteiger partial charge in [-0.25, -0.2) is 5.43 Å². The molecule has 0 heterocycles. The Bertz CT molecular complexity index is 876. The lowest BCUT2D eigenvalue weighted by Crippen LogP contribution is -2.20. The van der Waals surface area contributed by atoms with Crippen molar-refractivity contribution in [3.8, 4) is 5.75 Å². The van der Waals surface area contributed by atoms with Crippen LogP contribution in [0.25, 0.3) is 0 Å². The number of ether oxygens (including phenoxy) is 1. The molecule has 0 fully saturated rings. The summed E-state index contributed by atoms with van der Waals surface area (Å²) in [5.41, 5.74) is 5.91. The van der Waals surface area contributed by atoms with Crippen LogP contribution in [-0.2, 0) is 11.2 Å². The van der Waals surface area contributed by atoms with Crippen LogP contribution in [0.15, 0.2) is 41.5 Å². The Morgan fingerprint density at radius 3 is 2.63 bits per heavy atom. The molecule has 0 radical (unpaired) electrons. The predicted molar refractivity (Wildman–Crippen MR) is 104 cm³/mol. The van der Waals surface area contributed by atoms with Gasteiger partial charge in [-0.2, -0.15) is 5.10 Å². The largest absolute Gasteiger partial charge is 0.484 e. The quantitative estimate of drug-likeness (QED) is 0.457. The molecule has 0 aliphatic carbocycles. The highest BCUT2D eigenvalue weighted by Gasteiger charge is 2.16. The van der Waals surface area contributed by atoms with Crippen LogP contribution in [0.4, 0.5) is 5.69 Å². The fourth-order valence-electron chi connectivity index (χ4n) is 2.55. The highest BCUT2D eigenvalue weighted by Crippen LogP contribution is 2.28. The van der Waals surface area contributed by atoms with Crippen molar-refractivity contribution in [3.63, 3.8) is 0 Å². The van der Waals surface area contributed by atoms with Gasteiger partial charge in [0.1, 0.15) is 0 Å². The van der Waals surface area contributed by atoms with Gasteiger partial charge in [-0.1, -0.05) is 23.8 Å². The summed E-state index contributed by atoms with van der Waals surface area (Å²) < 4.78 is 5.43. The minimum atomic E-state index is -0.506. The summed E-state index contributed by atoms with van der Waals surface area (Å²) in [5, 5.41) is 15.1. The van der Waals surface area contributed by atoms with E-state index in [0.29, 0.717) is 5.56 Å². The van der Waals surface area contributed by atoms with Gasteiger partial charge >= 0.3 is 5.69 Å². The SMILES string of the molecule is Cc1ccc(CC(=O)N/N=C/c2ccc(OC(C)C)c([N+](=O)[O-])c2)c(C)c1. The molecule has 142 valence electrons. The third-order valence-electron chi connectivity index (χ3n) is 3.79. The minimum Gasteiger partial charge on any atom is -0.484 e. The Morgan fingerprint density at radius 1 is 1.26 bits per heavy atom. The van der Waals surface area contributed by atoms with E-state index in [1.165, 1.54) is 18.3 Å². The number of nitrogens with zero attached hydrogens (tertiary/aromatic N) is 2. The van der Waals surface area contributed by atoms with Crippen molar-refractivity contribution in [3.05, 3.63) is 68.8 Å². The number of hydrogen-bond acceptors (Lipinski definition) is 5. The Labute approximate surface area is 158 Å². The van der Waals surface area contributed by atoms with Crippen molar-refractivity contribution >= 4 is 17.8 Å². The summed E-state index contributed by atoms with van der Waals surface area (Å²) in [6.45, 7) is 7.55. The van der Waals surface area contributed by atoms with Crippen LogP contribution in [0.3, 0.4) is 0 Å². The van der Waals surface area contributed by atoms with E-state index in [-0.39, 0.29) is 29.9 Å². The number of nitrogens with one attached hydrogen (secondary N) is 1. The molecule has 2 aromatic rings. The zero-order valence-electron chi connectivity index (χ0n) is 15.9. The van der Waals surface area contributed by atoms with E-state index < -0.39 is 4.92 Å². The monoisotopic (exact) mass is 369 g/mol. The van der Waals surface area contributed by atoms with Crippen molar-refractivity contribution < 1.29 is 14.5 Å². The van der Waals surface area contributed by atoms with Crippen LogP contribution in [0.2, 0.25) is 0 Å². The number of nitro benzene ring substituents is 1. The lowest BCUT2D eigenvalue weighted by molar-refractivity contribution is -0.386. The van der Waals surface area contributed by atoms with Gasteiger partial charge in [0, 0.05) is 11.6 Å². The van der Waals surface area contributed by atoms with Crippen molar-refractivity contribution in [1.29, 1.82) is 0 Å². The van der Waals surface area contributed by atoms with Crippen molar-refractivity contribution in [1.82, 2.24) is 5.43 Å². The smallest absolute Gasteiger partial charge is 0.311 e. The maximum atomic E-state index is 12.0. The van der Waals surface area contributed by atoms with Crippen molar-refractivity contribution in [2.24, 2.45) is 5.10 Å². The number of rotatable bonds is 7. The summed E-state index contributed by atoms with van der Waals surface area (Å²) in [6.07, 6.45) is 1.41. The first-order valence-corrected chi connectivity index (χ1v) is 8.59. The first-order valence-electron chi connectivity index (χ1n) is 8.59. The Hall–Kier alpha value is -3.22. The summed E-state index contributed by atoms with van der Waals surface area (Å²) in [7, 11) is 0. The van der Waals surface area contributed by atoms with Crippen LogP contribution >= 0.6 is 0 Å². The van der Waals surface area contributed by atoms with E-state index in [2.05, 4.69) is 10.5 Å². The molecule has 7 nitrogen and oxygen atoms in total. The number of amides is 1.